The van der Waals surface area contributed by atoms with E-state index in [0.29, 0.717) is 31.7 Å². The highest BCUT2D eigenvalue weighted by molar-refractivity contribution is 5.94. The van der Waals surface area contributed by atoms with Crippen LogP contribution in [0.5, 0.6) is 0 Å². The molecule has 0 aromatic carbocycles. The first-order chi connectivity index (χ1) is 8.75. The van der Waals surface area contributed by atoms with Crippen molar-refractivity contribution in [2.45, 2.75) is 12.8 Å². The predicted molar refractivity (Wildman–Crippen MR) is 63.9 cm³/mol. The first-order valence-electron chi connectivity index (χ1n) is 6.36. The molecular weight excluding hydrogens is 232 g/mol. The number of furan rings is 1. The van der Waals surface area contributed by atoms with E-state index in [-0.39, 0.29) is 17.7 Å². The number of rotatable bonds is 2. The molecule has 5 nitrogen and oxygen atoms in total. The molecule has 2 fully saturated rings. The van der Waals surface area contributed by atoms with Crippen molar-refractivity contribution in [3.8, 4) is 0 Å². The van der Waals surface area contributed by atoms with Crippen molar-refractivity contribution in [3.05, 3.63) is 24.2 Å². The second-order valence-electron chi connectivity index (χ2n) is 4.90. The molecule has 1 aromatic rings. The molecule has 0 spiro atoms. The van der Waals surface area contributed by atoms with Gasteiger partial charge < -0.3 is 14.2 Å². The van der Waals surface area contributed by atoms with Crippen LogP contribution in [0.1, 0.15) is 23.2 Å². The van der Waals surface area contributed by atoms with Gasteiger partial charge in [-0.1, -0.05) is 0 Å². The van der Waals surface area contributed by atoms with Crippen LogP contribution >= 0.6 is 0 Å². The van der Waals surface area contributed by atoms with Crippen LogP contribution in [0.4, 0.5) is 0 Å². The van der Waals surface area contributed by atoms with E-state index >= 15 is 0 Å². The lowest BCUT2D eigenvalue weighted by atomic mass is 10.2. The zero-order valence-corrected chi connectivity index (χ0v) is 10.2. The van der Waals surface area contributed by atoms with Crippen molar-refractivity contribution in [1.29, 1.82) is 0 Å². The van der Waals surface area contributed by atoms with Gasteiger partial charge in [0.1, 0.15) is 6.26 Å². The van der Waals surface area contributed by atoms with Gasteiger partial charge in [-0.25, -0.2) is 0 Å². The molecule has 3 rings (SSSR count). The van der Waals surface area contributed by atoms with Crippen LogP contribution in [-0.2, 0) is 4.79 Å². The average Bonchev–Trinajstić information content (AvgIpc) is 3.12. The van der Waals surface area contributed by atoms with Gasteiger partial charge in [0, 0.05) is 32.1 Å². The molecule has 2 amide bonds. The summed E-state index contributed by atoms with van der Waals surface area (Å²) in [5.74, 6) is 0.522. The summed E-state index contributed by atoms with van der Waals surface area (Å²) in [5.41, 5.74) is 0.581. The zero-order valence-electron chi connectivity index (χ0n) is 10.2. The molecule has 2 aliphatic rings. The Morgan fingerprint density at radius 2 is 1.78 bits per heavy atom. The van der Waals surface area contributed by atoms with Gasteiger partial charge in [-0.3, -0.25) is 9.59 Å². The normalized spacial score (nSPS) is 20.0. The van der Waals surface area contributed by atoms with E-state index in [2.05, 4.69) is 0 Å². The second-order valence-corrected chi connectivity index (χ2v) is 4.90. The molecule has 1 aliphatic carbocycles. The highest BCUT2D eigenvalue weighted by Gasteiger charge is 2.35. The fourth-order valence-electron chi connectivity index (χ4n) is 2.29. The third-order valence-corrected chi connectivity index (χ3v) is 3.57. The van der Waals surface area contributed by atoms with Crippen LogP contribution in [0, 0.1) is 5.92 Å². The van der Waals surface area contributed by atoms with Crippen molar-refractivity contribution in [2.24, 2.45) is 5.92 Å². The van der Waals surface area contributed by atoms with E-state index in [1.807, 2.05) is 4.90 Å². The summed E-state index contributed by atoms with van der Waals surface area (Å²) in [6.07, 6.45) is 5.03. The first kappa shape index (κ1) is 11.3. The standard InChI is InChI=1S/C13H16N2O3/c16-12(10-1-2-10)14-4-6-15(7-5-14)13(17)11-3-8-18-9-11/h3,8-10H,1-2,4-7H2. The Labute approximate surface area is 105 Å². The number of amides is 2. The molecule has 1 saturated heterocycles. The Morgan fingerprint density at radius 1 is 1.11 bits per heavy atom. The van der Waals surface area contributed by atoms with Crippen LogP contribution in [0.2, 0.25) is 0 Å². The van der Waals surface area contributed by atoms with E-state index in [1.54, 1.807) is 11.0 Å². The van der Waals surface area contributed by atoms with E-state index in [0.717, 1.165) is 12.8 Å². The highest BCUT2D eigenvalue weighted by Crippen LogP contribution is 2.31. The number of carbonyl (C=O) groups is 2. The van der Waals surface area contributed by atoms with Crippen LogP contribution in [0.15, 0.2) is 23.0 Å². The maximum atomic E-state index is 12.0. The highest BCUT2D eigenvalue weighted by atomic mass is 16.3. The minimum atomic E-state index is -0.0118. The van der Waals surface area contributed by atoms with E-state index in [1.165, 1.54) is 12.5 Å². The third-order valence-electron chi connectivity index (χ3n) is 3.57. The Kier molecular flexibility index (Phi) is 2.81. The molecule has 1 aromatic heterocycles. The van der Waals surface area contributed by atoms with Crippen molar-refractivity contribution in [2.75, 3.05) is 26.2 Å². The summed E-state index contributed by atoms with van der Waals surface area (Å²) < 4.78 is 4.91. The SMILES string of the molecule is O=C(c1ccoc1)N1CCN(C(=O)C2CC2)CC1. The van der Waals surface area contributed by atoms with Gasteiger partial charge in [0.05, 0.1) is 11.8 Å². The lowest BCUT2D eigenvalue weighted by Gasteiger charge is -2.34. The molecule has 0 unspecified atom stereocenters. The van der Waals surface area contributed by atoms with Gasteiger partial charge in [0.15, 0.2) is 0 Å². The number of hydrogen-bond acceptors (Lipinski definition) is 3. The summed E-state index contributed by atoms with van der Waals surface area (Å²) in [6, 6.07) is 1.67. The van der Waals surface area contributed by atoms with Crippen LogP contribution in [0.3, 0.4) is 0 Å². The minimum Gasteiger partial charge on any atom is -0.472 e. The molecule has 0 bridgehead atoms. The molecule has 0 atom stereocenters. The topological polar surface area (TPSA) is 53.8 Å². The van der Waals surface area contributed by atoms with Crippen LogP contribution in [-0.4, -0.2) is 47.8 Å². The molecule has 18 heavy (non-hydrogen) atoms. The summed E-state index contributed by atoms with van der Waals surface area (Å²) >= 11 is 0. The van der Waals surface area contributed by atoms with Gasteiger partial charge in [-0.15, -0.1) is 0 Å². The fraction of sp³-hybridized carbons (Fsp3) is 0.538. The Balaban J connectivity index is 1.56. The maximum Gasteiger partial charge on any atom is 0.257 e. The Hall–Kier alpha value is -1.78. The fourth-order valence-corrected chi connectivity index (χ4v) is 2.29. The predicted octanol–water partition coefficient (Wildman–Crippen LogP) is 0.974. The van der Waals surface area contributed by atoms with Crippen molar-refractivity contribution < 1.29 is 14.0 Å². The van der Waals surface area contributed by atoms with E-state index in [9.17, 15) is 9.59 Å². The molecule has 2 heterocycles. The molecule has 96 valence electrons. The molecule has 1 aliphatic heterocycles. The van der Waals surface area contributed by atoms with Gasteiger partial charge in [0.25, 0.3) is 5.91 Å². The average molecular weight is 248 g/mol. The molecular formula is C13H16N2O3. The largest absolute Gasteiger partial charge is 0.472 e. The number of piperazine rings is 1. The lowest BCUT2D eigenvalue weighted by Crippen LogP contribution is -2.51. The zero-order chi connectivity index (χ0) is 12.5. The van der Waals surface area contributed by atoms with Crippen LogP contribution in [0.25, 0.3) is 0 Å². The van der Waals surface area contributed by atoms with Gasteiger partial charge in [-0.05, 0) is 18.9 Å². The number of hydrogen-bond donors (Lipinski definition) is 0. The number of nitrogens with zero attached hydrogens (tertiary/aromatic N) is 2. The van der Waals surface area contributed by atoms with Crippen molar-refractivity contribution in [3.63, 3.8) is 0 Å². The third kappa shape index (κ3) is 2.12. The lowest BCUT2D eigenvalue weighted by molar-refractivity contribution is -0.134. The smallest absolute Gasteiger partial charge is 0.257 e. The van der Waals surface area contributed by atoms with Gasteiger partial charge in [0.2, 0.25) is 5.91 Å². The molecule has 0 N–H and O–H groups in total. The molecule has 5 heteroatoms. The van der Waals surface area contributed by atoms with Crippen molar-refractivity contribution >= 4 is 11.8 Å². The van der Waals surface area contributed by atoms with Crippen LogP contribution < -0.4 is 0 Å². The van der Waals surface area contributed by atoms with Gasteiger partial charge >= 0.3 is 0 Å². The second kappa shape index (κ2) is 4.48. The first-order valence-corrected chi connectivity index (χ1v) is 6.36. The van der Waals surface area contributed by atoms with E-state index in [4.69, 9.17) is 4.42 Å². The maximum absolute atomic E-state index is 12.0. The quantitative estimate of drug-likeness (QED) is 0.783. The Morgan fingerprint density at radius 3 is 2.33 bits per heavy atom. The summed E-state index contributed by atoms with van der Waals surface area (Å²) in [4.78, 5) is 27.6. The minimum absolute atomic E-state index is 0.0118. The van der Waals surface area contributed by atoms with E-state index < -0.39 is 0 Å². The Bertz CT molecular complexity index is 443. The van der Waals surface area contributed by atoms with Crippen molar-refractivity contribution in [1.82, 2.24) is 9.80 Å². The monoisotopic (exact) mass is 248 g/mol. The summed E-state index contributed by atoms with van der Waals surface area (Å²) in [5, 5.41) is 0. The molecule has 0 radical (unpaired) electrons. The summed E-state index contributed by atoms with van der Waals surface area (Å²) in [7, 11) is 0. The molecule has 1 saturated carbocycles. The van der Waals surface area contributed by atoms with Gasteiger partial charge in [-0.2, -0.15) is 0 Å². The number of carbonyl (C=O) groups excluding carboxylic acids is 2. The summed E-state index contributed by atoms with van der Waals surface area (Å²) in [6.45, 7) is 2.53.